The molecule has 1 unspecified atom stereocenters. The van der Waals surface area contributed by atoms with Crippen molar-refractivity contribution in [1.82, 2.24) is 34.3 Å². The maximum atomic E-state index is 14.5. The minimum atomic E-state index is -0.704. The van der Waals surface area contributed by atoms with E-state index in [1.54, 1.807) is 38.9 Å². The standard InChI is InChI=1S/C35H35N7O2/c1-26-30(21-37-39(26)2)14-17-34(43)41(22-28-12-15-32(16-13-28)42-25-36-24-38-42)33(20-27-8-4-3-5-9-27)35(44)40-19-18-29-10-6-7-11-31(29)23-40/h3-17,21,24-25,33H,18-20,22-23H2,1-2H3. The number of carbonyl (C=O) groups is 2. The molecule has 0 aliphatic carbocycles. The van der Waals surface area contributed by atoms with E-state index in [0.29, 0.717) is 19.5 Å². The van der Waals surface area contributed by atoms with E-state index in [9.17, 15) is 9.59 Å². The Morgan fingerprint density at radius 2 is 1.68 bits per heavy atom. The summed E-state index contributed by atoms with van der Waals surface area (Å²) in [6.07, 6.45) is 9.41. The Kier molecular flexibility index (Phi) is 8.45. The van der Waals surface area contributed by atoms with E-state index in [4.69, 9.17) is 0 Å². The molecule has 3 aromatic carbocycles. The van der Waals surface area contributed by atoms with Crippen LogP contribution in [0.2, 0.25) is 0 Å². The van der Waals surface area contributed by atoms with Crippen molar-refractivity contribution in [3.63, 3.8) is 0 Å². The first-order chi connectivity index (χ1) is 21.5. The zero-order chi connectivity index (χ0) is 30.5. The normalized spacial score (nSPS) is 13.5. The second kappa shape index (κ2) is 12.9. The van der Waals surface area contributed by atoms with E-state index in [-0.39, 0.29) is 18.4 Å². The van der Waals surface area contributed by atoms with Crippen LogP contribution >= 0.6 is 0 Å². The Morgan fingerprint density at radius 3 is 2.39 bits per heavy atom. The van der Waals surface area contributed by atoms with Gasteiger partial charge in [-0.2, -0.15) is 10.2 Å². The van der Waals surface area contributed by atoms with Crippen molar-refractivity contribution in [3.05, 3.63) is 137 Å². The summed E-state index contributed by atoms with van der Waals surface area (Å²) in [6.45, 7) is 3.36. The van der Waals surface area contributed by atoms with E-state index in [1.165, 1.54) is 11.9 Å². The fourth-order valence-electron chi connectivity index (χ4n) is 5.63. The van der Waals surface area contributed by atoms with Gasteiger partial charge in [0.2, 0.25) is 11.8 Å². The molecule has 3 heterocycles. The van der Waals surface area contributed by atoms with Crippen LogP contribution in [0.15, 0.2) is 104 Å². The highest BCUT2D eigenvalue weighted by molar-refractivity contribution is 5.96. The van der Waals surface area contributed by atoms with E-state index >= 15 is 0 Å². The van der Waals surface area contributed by atoms with Crippen molar-refractivity contribution in [2.75, 3.05) is 6.54 Å². The first-order valence-corrected chi connectivity index (χ1v) is 14.8. The van der Waals surface area contributed by atoms with Crippen LogP contribution in [0.4, 0.5) is 0 Å². The van der Waals surface area contributed by atoms with Gasteiger partial charge >= 0.3 is 0 Å². The quantitative estimate of drug-likeness (QED) is 0.237. The van der Waals surface area contributed by atoms with Crippen LogP contribution in [0.3, 0.4) is 0 Å². The molecule has 9 heteroatoms. The van der Waals surface area contributed by atoms with Gasteiger partial charge in [0.1, 0.15) is 18.7 Å². The van der Waals surface area contributed by atoms with Gasteiger partial charge in [-0.15, -0.1) is 0 Å². The van der Waals surface area contributed by atoms with Gasteiger partial charge in [-0.1, -0.05) is 66.7 Å². The molecule has 1 aliphatic heterocycles. The van der Waals surface area contributed by atoms with Crippen molar-refractivity contribution in [3.8, 4) is 5.69 Å². The lowest BCUT2D eigenvalue weighted by molar-refractivity contribution is -0.144. The number of rotatable bonds is 9. The Hall–Kier alpha value is -5.31. The maximum Gasteiger partial charge on any atom is 0.247 e. The Labute approximate surface area is 257 Å². The fourth-order valence-corrected chi connectivity index (χ4v) is 5.63. The van der Waals surface area contributed by atoms with Crippen LogP contribution in [0.5, 0.6) is 0 Å². The molecule has 0 saturated carbocycles. The number of hydrogen-bond donors (Lipinski definition) is 0. The summed E-state index contributed by atoms with van der Waals surface area (Å²) < 4.78 is 3.45. The minimum Gasteiger partial charge on any atom is -0.336 e. The SMILES string of the molecule is Cc1c(C=CC(=O)N(Cc2ccc(-n3cncn3)cc2)C(Cc2ccccc2)C(=O)N2CCc3ccccc3C2)cnn1C. The number of aryl methyl sites for hydroxylation is 1. The number of nitrogens with zero attached hydrogens (tertiary/aromatic N) is 7. The van der Waals surface area contributed by atoms with Gasteiger partial charge < -0.3 is 9.80 Å². The number of carbonyl (C=O) groups excluding carboxylic acids is 2. The van der Waals surface area contributed by atoms with Crippen LogP contribution in [0, 0.1) is 6.92 Å². The van der Waals surface area contributed by atoms with Crippen LogP contribution in [0.25, 0.3) is 11.8 Å². The third-order valence-electron chi connectivity index (χ3n) is 8.31. The van der Waals surface area contributed by atoms with Gasteiger partial charge in [0, 0.05) is 50.4 Å². The van der Waals surface area contributed by atoms with Crippen molar-refractivity contribution < 1.29 is 9.59 Å². The number of benzene rings is 3. The highest BCUT2D eigenvalue weighted by atomic mass is 16.2. The smallest absolute Gasteiger partial charge is 0.247 e. The monoisotopic (exact) mass is 585 g/mol. The maximum absolute atomic E-state index is 14.5. The summed E-state index contributed by atoms with van der Waals surface area (Å²) in [5.41, 5.74) is 6.99. The number of hydrogen-bond acceptors (Lipinski definition) is 5. The summed E-state index contributed by atoms with van der Waals surface area (Å²) in [4.78, 5) is 36.2. The molecule has 5 aromatic rings. The van der Waals surface area contributed by atoms with Crippen molar-refractivity contribution in [2.45, 2.75) is 38.9 Å². The molecule has 2 amide bonds. The van der Waals surface area contributed by atoms with Crippen molar-refractivity contribution in [1.29, 1.82) is 0 Å². The predicted molar refractivity (Wildman–Crippen MR) is 168 cm³/mol. The molecule has 0 radical (unpaired) electrons. The van der Waals surface area contributed by atoms with E-state index in [1.807, 2.05) is 85.6 Å². The summed E-state index contributed by atoms with van der Waals surface area (Å²) in [5.74, 6) is -0.290. The largest absolute Gasteiger partial charge is 0.336 e. The molecule has 1 aliphatic rings. The second-order valence-corrected chi connectivity index (χ2v) is 11.1. The minimum absolute atomic E-state index is 0.0538. The van der Waals surface area contributed by atoms with Gasteiger partial charge in [0.05, 0.1) is 11.9 Å². The highest BCUT2D eigenvalue weighted by Crippen LogP contribution is 2.23. The van der Waals surface area contributed by atoms with Crippen molar-refractivity contribution >= 4 is 17.9 Å². The van der Waals surface area contributed by atoms with Crippen LogP contribution in [-0.4, -0.2) is 58.7 Å². The van der Waals surface area contributed by atoms with Gasteiger partial charge in [-0.3, -0.25) is 14.3 Å². The first-order valence-electron chi connectivity index (χ1n) is 14.8. The van der Waals surface area contributed by atoms with Crippen molar-refractivity contribution in [2.24, 2.45) is 7.05 Å². The summed E-state index contributed by atoms with van der Waals surface area (Å²) in [6, 6.07) is 25.3. The van der Waals surface area contributed by atoms with Gasteiger partial charge in [0.25, 0.3) is 0 Å². The Balaban J connectivity index is 1.35. The molecule has 6 rings (SSSR count). The molecular weight excluding hydrogens is 550 g/mol. The summed E-state index contributed by atoms with van der Waals surface area (Å²) >= 11 is 0. The summed E-state index contributed by atoms with van der Waals surface area (Å²) in [7, 11) is 1.87. The third-order valence-corrected chi connectivity index (χ3v) is 8.31. The third kappa shape index (κ3) is 6.36. The first kappa shape index (κ1) is 28.8. The number of fused-ring (bicyclic) bond motifs is 1. The topological polar surface area (TPSA) is 89.2 Å². The molecule has 9 nitrogen and oxygen atoms in total. The zero-order valence-electron chi connectivity index (χ0n) is 25.0. The molecular formula is C35H35N7O2. The second-order valence-electron chi connectivity index (χ2n) is 11.1. The lowest BCUT2D eigenvalue weighted by atomic mass is 9.97. The molecule has 222 valence electrons. The van der Waals surface area contributed by atoms with Gasteiger partial charge in [-0.05, 0) is 53.8 Å². The Bertz CT molecular complexity index is 1760. The van der Waals surface area contributed by atoms with Crippen LogP contribution < -0.4 is 0 Å². The predicted octanol–water partition coefficient (Wildman–Crippen LogP) is 4.55. The molecule has 0 N–H and O–H groups in total. The fraction of sp³-hybridized carbons (Fsp3) is 0.229. The molecule has 0 fully saturated rings. The van der Waals surface area contributed by atoms with Gasteiger partial charge in [0.15, 0.2) is 0 Å². The van der Waals surface area contributed by atoms with Crippen LogP contribution in [0.1, 0.15) is 33.5 Å². The van der Waals surface area contributed by atoms with Crippen LogP contribution in [-0.2, 0) is 42.6 Å². The molecule has 44 heavy (non-hydrogen) atoms. The zero-order valence-corrected chi connectivity index (χ0v) is 25.0. The van der Waals surface area contributed by atoms with Gasteiger partial charge in [-0.25, -0.2) is 9.67 Å². The molecule has 2 aromatic heterocycles. The summed E-state index contributed by atoms with van der Waals surface area (Å²) in [5, 5.41) is 8.51. The number of amides is 2. The van der Waals surface area contributed by atoms with E-state index < -0.39 is 6.04 Å². The average molecular weight is 586 g/mol. The lowest BCUT2D eigenvalue weighted by Crippen LogP contribution is -2.52. The molecule has 0 bridgehead atoms. The molecule has 0 saturated heterocycles. The van der Waals surface area contributed by atoms with E-state index in [2.05, 4.69) is 27.3 Å². The Morgan fingerprint density at radius 1 is 0.932 bits per heavy atom. The average Bonchev–Trinajstić information content (AvgIpc) is 3.72. The number of aromatic nitrogens is 5. The molecule has 1 atom stereocenters. The lowest BCUT2D eigenvalue weighted by Gasteiger charge is -2.37. The molecule has 0 spiro atoms. The van der Waals surface area contributed by atoms with E-state index in [0.717, 1.165) is 40.1 Å². The highest BCUT2D eigenvalue weighted by Gasteiger charge is 2.34.